The van der Waals surface area contributed by atoms with Gasteiger partial charge in [-0.1, -0.05) is 92.7 Å². The van der Waals surface area contributed by atoms with Gasteiger partial charge in [-0.15, -0.1) is 0 Å². The van der Waals surface area contributed by atoms with Gasteiger partial charge in [-0.2, -0.15) is 15.8 Å². The number of anilines is 4. The molecule has 28 heteroatoms. The number of carbonyl (C=O) groups excluding carboxylic acids is 5. The Bertz CT molecular complexity index is 4770. The van der Waals surface area contributed by atoms with Crippen molar-refractivity contribution in [3.05, 3.63) is 203 Å². The number of carbonyl (C=O) groups is 5. The van der Waals surface area contributed by atoms with Crippen molar-refractivity contribution in [2.45, 2.75) is 80.3 Å². The van der Waals surface area contributed by atoms with Crippen molar-refractivity contribution in [1.82, 2.24) is 65.2 Å². The summed E-state index contributed by atoms with van der Waals surface area (Å²) in [6.07, 6.45) is 9.71. The van der Waals surface area contributed by atoms with E-state index in [9.17, 15) is 28.4 Å². The van der Waals surface area contributed by atoms with Gasteiger partial charge < -0.3 is 54.8 Å². The van der Waals surface area contributed by atoms with Crippen molar-refractivity contribution in [2.75, 3.05) is 134 Å². The highest BCUT2D eigenvalue weighted by molar-refractivity contribution is 6.02. The number of amides is 5. The number of hydrogen-bond acceptors (Lipinski definition) is 22. The fourth-order valence-corrected chi connectivity index (χ4v) is 11.7. The van der Waals surface area contributed by atoms with Crippen LogP contribution in [0, 0.1) is 45.7 Å². The molecule has 2 aliphatic rings. The first kappa shape index (κ1) is 84.9. The van der Waals surface area contributed by atoms with Gasteiger partial charge >= 0.3 is 0 Å². The second-order valence-corrected chi connectivity index (χ2v) is 27.0. The number of methoxy groups -OCH3 is 1. The molecule has 5 aromatic carbocycles. The molecule has 2 aliphatic heterocycles. The second kappa shape index (κ2) is 42.9. The van der Waals surface area contributed by atoms with Gasteiger partial charge in [0, 0.05) is 163 Å². The Balaban J connectivity index is 0.000000237. The molecular weight excluding hydrogens is 1420 g/mol. The Labute approximate surface area is 657 Å². The summed E-state index contributed by atoms with van der Waals surface area (Å²) in [7, 11) is 6.97. The number of nitrogens with zero attached hydrogens (tertiary/aromatic N) is 17. The Kier molecular flexibility index (Phi) is 32.5. The molecule has 3 N–H and O–H groups in total. The van der Waals surface area contributed by atoms with Crippen LogP contribution in [-0.4, -0.2) is 204 Å². The maximum atomic E-state index is 14.4. The van der Waals surface area contributed by atoms with E-state index in [0.29, 0.717) is 175 Å². The normalized spacial score (nSPS) is 12.2. The number of nitriles is 3. The van der Waals surface area contributed by atoms with Crippen LogP contribution in [0.3, 0.4) is 0 Å². The lowest BCUT2D eigenvalue weighted by Crippen LogP contribution is -2.37. The summed E-state index contributed by atoms with van der Waals surface area (Å²) in [6, 6.07) is 43.5. The van der Waals surface area contributed by atoms with Crippen molar-refractivity contribution in [3.63, 3.8) is 0 Å². The molecule has 0 bridgehead atoms. The van der Waals surface area contributed by atoms with E-state index < -0.39 is 5.82 Å². The monoisotopic (exact) mass is 1520 g/mol. The first-order valence-electron chi connectivity index (χ1n) is 37.2. The maximum absolute atomic E-state index is 14.4. The molecule has 9 aromatic rings. The molecule has 0 radical (unpaired) electrons. The van der Waals surface area contributed by atoms with E-state index >= 15 is 0 Å². The van der Waals surface area contributed by atoms with Crippen LogP contribution in [0.2, 0.25) is 0 Å². The number of ether oxygens (including phenoxy) is 2. The van der Waals surface area contributed by atoms with Crippen molar-refractivity contribution in [3.8, 4) is 63.2 Å². The van der Waals surface area contributed by atoms with Gasteiger partial charge in [-0.25, -0.2) is 44.3 Å². The molecule has 2 saturated heterocycles. The van der Waals surface area contributed by atoms with Gasteiger partial charge in [0.1, 0.15) is 5.82 Å². The van der Waals surface area contributed by atoms with Crippen LogP contribution in [0.1, 0.15) is 134 Å². The average Bonchev–Trinajstić information content (AvgIpc) is 0.810. The average molecular weight is 1520 g/mol. The predicted octanol–water partition coefficient (Wildman–Crippen LogP) is 11.9. The maximum Gasteiger partial charge on any atom is 0.258 e. The summed E-state index contributed by atoms with van der Waals surface area (Å²) in [5.41, 5.74) is 8.77. The van der Waals surface area contributed by atoms with Crippen molar-refractivity contribution < 1.29 is 40.7 Å². The first-order chi connectivity index (χ1) is 54.1. The third-order valence-electron chi connectivity index (χ3n) is 18.1. The lowest BCUT2D eigenvalue weighted by atomic mass is 10.0. The number of piperidine rings is 1. The summed E-state index contributed by atoms with van der Waals surface area (Å²) < 4.78 is 24.7. The molecule has 0 spiro atoms. The number of nitrogens with one attached hydrogen (secondary N) is 3. The van der Waals surface area contributed by atoms with E-state index in [-0.39, 0.29) is 38.4 Å². The van der Waals surface area contributed by atoms with Crippen molar-refractivity contribution in [2.24, 2.45) is 5.92 Å². The van der Waals surface area contributed by atoms with Crippen LogP contribution in [0.25, 0.3) is 45.0 Å². The van der Waals surface area contributed by atoms with Gasteiger partial charge in [-0.05, 0) is 107 Å². The van der Waals surface area contributed by atoms with Crippen LogP contribution in [0.4, 0.5) is 28.2 Å². The molecule has 0 unspecified atom stereocenters. The smallest absolute Gasteiger partial charge is 0.258 e. The van der Waals surface area contributed by atoms with Crippen LogP contribution in [0.15, 0.2) is 152 Å². The molecule has 0 atom stereocenters. The number of benzene rings is 5. The summed E-state index contributed by atoms with van der Waals surface area (Å²) in [5.74, 6) is 1.13. The minimum atomic E-state index is -0.415. The topological polar surface area (TPSA) is 334 Å². The highest BCUT2D eigenvalue weighted by Gasteiger charge is 2.28. The molecule has 27 nitrogen and oxygen atoms in total. The van der Waals surface area contributed by atoms with Gasteiger partial charge in [0.05, 0.1) is 99.7 Å². The molecule has 4 aromatic heterocycles. The summed E-state index contributed by atoms with van der Waals surface area (Å²) >= 11 is 0. The molecule has 5 amide bonds. The minimum Gasteiger partial charge on any atom is -0.383 e. The Morgan fingerprint density at radius 1 is 0.562 bits per heavy atom. The number of hydrogen-bond donors (Lipinski definition) is 3. The zero-order valence-electron chi connectivity index (χ0n) is 65.4. The highest BCUT2D eigenvalue weighted by atomic mass is 19.1. The summed E-state index contributed by atoms with van der Waals surface area (Å²) in [5, 5.41) is 35.7. The largest absolute Gasteiger partial charge is 0.383 e. The van der Waals surface area contributed by atoms with Gasteiger partial charge in [0.15, 0.2) is 0 Å². The lowest BCUT2D eigenvalue weighted by molar-refractivity contribution is -0.118. The number of halogens is 1. The molecule has 11 rings (SSSR count). The molecule has 112 heavy (non-hydrogen) atoms. The zero-order valence-corrected chi connectivity index (χ0v) is 65.4. The molecule has 0 aliphatic carbocycles. The van der Waals surface area contributed by atoms with E-state index in [0.717, 1.165) is 49.2 Å². The molecule has 586 valence electrons. The Morgan fingerprint density at radius 3 is 1.59 bits per heavy atom. The predicted molar refractivity (Wildman–Crippen MR) is 434 cm³/mol. The third kappa shape index (κ3) is 23.9. The molecule has 6 heterocycles. The van der Waals surface area contributed by atoms with Gasteiger partial charge in [-0.3, -0.25) is 24.0 Å². The van der Waals surface area contributed by atoms with E-state index in [2.05, 4.69) is 87.8 Å². The highest BCUT2D eigenvalue weighted by Crippen LogP contribution is 2.31. The van der Waals surface area contributed by atoms with Gasteiger partial charge in [0.25, 0.3) is 23.6 Å². The van der Waals surface area contributed by atoms with Crippen LogP contribution in [-0.2, 0) is 20.8 Å². The SMILES string of the molecule is CC(=O)NCCNc1ncc(C(=O)N(Cc2ccccc2)C(C)C)c(-c2ccc(C#N)cc2)n1.CC(C)CN(C)C(=O)c1cnc(N2CCCCC2)nc1-c1ccc(C#N)cc1.CCN(C)C(=O)c1cnc(N2CCOCC2)nc1-c1ccccc1F.CCN(C)c1ncc(C(=O)NCCOC)c(-c2ccc(C#N)cc2)n1.[HH].[HH]. The van der Waals surface area contributed by atoms with Crippen LogP contribution >= 0.6 is 0 Å². The lowest BCUT2D eigenvalue weighted by Gasteiger charge is -2.27. The molecular formula is C84H101FN20O7. The Hall–Kier alpha value is -12.7. The van der Waals surface area contributed by atoms with E-state index in [1.165, 1.54) is 38.0 Å². The second-order valence-electron chi connectivity index (χ2n) is 27.0. The third-order valence-corrected chi connectivity index (χ3v) is 18.1. The van der Waals surface area contributed by atoms with E-state index in [1.807, 2.05) is 94.1 Å². The molecule has 0 saturated carbocycles. The van der Waals surface area contributed by atoms with Crippen LogP contribution in [0.5, 0.6) is 0 Å². The minimum absolute atomic E-state index is 0. The Morgan fingerprint density at radius 2 is 1.06 bits per heavy atom. The molecule has 2 fully saturated rings. The standard InChI is InChI=1S/C26H28N6O2.C22H27N5O.C18H21FN4O2.C18H21N5O2.2H2/c1-18(2)32(17-21-7-5-4-6-8-21)25(34)23-16-30-26(29-14-13-28-19(3)33)31-24(23)22-11-9-20(15-27)10-12-22;1-16(2)15-26(3)21(28)19-14-24-22(27-11-5-4-6-12-27)25-20(19)18-9-7-17(13-23)8-10-18;1-3-22(2)17(24)14-12-20-18(23-8-10-25-11-9-23)21-16(14)13-6-4-5-7-15(13)19;1-4-23(2)18-21-12-15(17(24)20-9-10-25-3)16(22-18)14-7-5-13(11-19)6-8-14;;/h4-12,16,18H,13-14,17H2,1-3H3,(H,28,33)(H,29,30,31);7-10,14,16H,4-6,11-12,15H2,1-3H3;4-7,12H,3,8-11H2,1-2H3;5-8,12H,4,9-10H2,1-3H3,(H,20,24);2*1H. The van der Waals surface area contributed by atoms with E-state index in [1.54, 1.807) is 114 Å². The van der Waals surface area contributed by atoms with E-state index in [4.69, 9.17) is 30.2 Å². The quantitative estimate of drug-likeness (QED) is 0.0447. The number of aromatic nitrogens is 8. The fourth-order valence-electron chi connectivity index (χ4n) is 11.7. The van der Waals surface area contributed by atoms with Gasteiger partial charge in [0.2, 0.25) is 29.7 Å². The number of rotatable bonds is 25. The fraction of sp³-hybridized carbons (Fsp3) is 0.357. The van der Waals surface area contributed by atoms with Crippen molar-refractivity contribution in [1.29, 1.82) is 15.8 Å². The summed E-state index contributed by atoms with van der Waals surface area (Å²) in [6.45, 7) is 21.9. The number of morpholine rings is 1. The van der Waals surface area contributed by atoms with Crippen LogP contribution < -0.4 is 30.7 Å². The van der Waals surface area contributed by atoms with Crippen molar-refractivity contribution >= 4 is 53.3 Å². The first-order valence-corrected chi connectivity index (χ1v) is 37.2. The zero-order chi connectivity index (χ0) is 80.6. The summed E-state index contributed by atoms with van der Waals surface area (Å²) in [4.78, 5) is 110.